The first-order chi connectivity index (χ1) is 11.6. The van der Waals surface area contributed by atoms with Gasteiger partial charge in [0.1, 0.15) is 0 Å². The van der Waals surface area contributed by atoms with Gasteiger partial charge in [-0.15, -0.1) is 0 Å². The number of rotatable bonds is 4. The number of nitrogens with one attached hydrogen (secondary N) is 1. The van der Waals surface area contributed by atoms with Crippen molar-refractivity contribution in [2.45, 2.75) is 50.6 Å². The van der Waals surface area contributed by atoms with Gasteiger partial charge in [-0.2, -0.15) is 17.4 Å². The van der Waals surface area contributed by atoms with Crippen LogP contribution in [0.25, 0.3) is 0 Å². The summed E-state index contributed by atoms with van der Waals surface area (Å²) in [6, 6.07) is 9.27. The van der Waals surface area contributed by atoms with Gasteiger partial charge in [-0.25, -0.2) is 0 Å². The van der Waals surface area contributed by atoms with E-state index in [1.54, 1.807) is 4.31 Å². The molecule has 6 heteroatoms. The van der Waals surface area contributed by atoms with E-state index in [1.807, 2.05) is 0 Å². The number of hydrogen-bond acceptors (Lipinski definition) is 3. The fourth-order valence-electron chi connectivity index (χ4n) is 4.44. The van der Waals surface area contributed by atoms with Crippen LogP contribution in [0.2, 0.25) is 0 Å². The quantitative estimate of drug-likeness (QED) is 0.897. The highest BCUT2D eigenvalue weighted by Gasteiger charge is 2.33. The average molecular weight is 350 g/mol. The van der Waals surface area contributed by atoms with E-state index in [9.17, 15) is 8.42 Å². The van der Waals surface area contributed by atoms with Crippen molar-refractivity contribution in [2.75, 3.05) is 26.2 Å². The Labute approximate surface area is 145 Å². The van der Waals surface area contributed by atoms with E-state index in [0.29, 0.717) is 19.1 Å². The molecule has 0 spiro atoms. The number of likely N-dealkylation sites (tertiary alicyclic amines) is 1. The number of piperidine rings is 1. The highest BCUT2D eigenvalue weighted by Crippen LogP contribution is 2.27. The lowest BCUT2D eigenvalue weighted by molar-refractivity contribution is 0.147. The largest absolute Gasteiger partial charge is 0.298 e. The van der Waals surface area contributed by atoms with Crippen molar-refractivity contribution in [3.8, 4) is 0 Å². The lowest BCUT2D eigenvalue weighted by Gasteiger charge is -2.37. The molecule has 2 heterocycles. The van der Waals surface area contributed by atoms with Crippen molar-refractivity contribution in [2.24, 2.45) is 0 Å². The SMILES string of the molecule is O=S(=O)(N[C@H]1CCCN(C2Cc3ccccc3C2)C1)N1CCCC1. The summed E-state index contributed by atoms with van der Waals surface area (Å²) in [7, 11) is -3.30. The summed E-state index contributed by atoms with van der Waals surface area (Å²) in [4.78, 5) is 2.50. The Hall–Kier alpha value is -0.950. The molecule has 132 valence electrons. The van der Waals surface area contributed by atoms with Gasteiger partial charge in [0.15, 0.2) is 0 Å². The van der Waals surface area contributed by atoms with Crippen LogP contribution in [0, 0.1) is 0 Å². The van der Waals surface area contributed by atoms with Crippen molar-refractivity contribution in [3.63, 3.8) is 0 Å². The van der Waals surface area contributed by atoms with Gasteiger partial charge in [0.25, 0.3) is 10.2 Å². The zero-order valence-electron chi connectivity index (χ0n) is 14.2. The highest BCUT2D eigenvalue weighted by molar-refractivity contribution is 7.87. The maximum absolute atomic E-state index is 12.5. The molecular weight excluding hydrogens is 322 g/mol. The third-order valence-electron chi connectivity index (χ3n) is 5.72. The molecule has 0 aromatic heterocycles. The molecule has 1 aromatic rings. The first-order valence-electron chi connectivity index (χ1n) is 9.20. The third kappa shape index (κ3) is 3.38. The predicted molar refractivity (Wildman–Crippen MR) is 95.1 cm³/mol. The minimum Gasteiger partial charge on any atom is -0.298 e. The molecule has 2 fully saturated rings. The van der Waals surface area contributed by atoms with Crippen molar-refractivity contribution in [1.82, 2.24) is 13.9 Å². The summed E-state index contributed by atoms with van der Waals surface area (Å²) in [5.74, 6) is 0. The van der Waals surface area contributed by atoms with E-state index < -0.39 is 10.2 Å². The van der Waals surface area contributed by atoms with Crippen molar-refractivity contribution >= 4 is 10.2 Å². The number of hydrogen-bond donors (Lipinski definition) is 1. The molecule has 1 aromatic carbocycles. The molecule has 2 aliphatic heterocycles. The van der Waals surface area contributed by atoms with Crippen LogP contribution < -0.4 is 4.72 Å². The molecule has 0 amide bonds. The van der Waals surface area contributed by atoms with Gasteiger partial charge >= 0.3 is 0 Å². The summed E-state index contributed by atoms with van der Waals surface area (Å²) in [6.45, 7) is 3.26. The Morgan fingerprint density at radius 1 is 0.958 bits per heavy atom. The van der Waals surface area contributed by atoms with E-state index in [2.05, 4.69) is 33.9 Å². The van der Waals surface area contributed by atoms with Gasteiger partial charge in [-0.05, 0) is 56.2 Å². The Kier molecular flexibility index (Phi) is 4.64. The molecular formula is C18H27N3O2S. The lowest BCUT2D eigenvalue weighted by atomic mass is 10.0. The van der Waals surface area contributed by atoms with Crippen molar-refractivity contribution < 1.29 is 8.42 Å². The summed E-state index contributed by atoms with van der Waals surface area (Å²) < 4.78 is 29.6. The maximum Gasteiger partial charge on any atom is 0.279 e. The number of benzene rings is 1. The van der Waals surface area contributed by atoms with Crippen molar-refractivity contribution in [3.05, 3.63) is 35.4 Å². The second-order valence-electron chi connectivity index (χ2n) is 7.39. The zero-order chi connectivity index (χ0) is 16.6. The van der Waals surface area contributed by atoms with Gasteiger partial charge in [0.05, 0.1) is 0 Å². The smallest absolute Gasteiger partial charge is 0.279 e. The Morgan fingerprint density at radius 2 is 1.62 bits per heavy atom. The standard InChI is InChI=1S/C18H27N3O2S/c22-24(23,21-10-3-4-11-21)19-17-8-5-9-20(14-17)18-12-15-6-1-2-7-16(15)13-18/h1-2,6-7,17-19H,3-5,8-14H2/t17-/m0/s1. The van der Waals surface area contributed by atoms with E-state index in [-0.39, 0.29) is 6.04 Å². The molecule has 3 aliphatic rings. The first kappa shape index (κ1) is 16.5. The van der Waals surface area contributed by atoms with E-state index in [4.69, 9.17) is 0 Å². The van der Waals surface area contributed by atoms with Crippen LogP contribution in [-0.2, 0) is 23.1 Å². The van der Waals surface area contributed by atoms with E-state index in [1.165, 1.54) is 11.1 Å². The van der Waals surface area contributed by atoms with Gasteiger partial charge in [0.2, 0.25) is 0 Å². The molecule has 1 N–H and O–H groups in total. The molecule has 1 atom stereocenters. The monoisotopic (exact) mass is 349 g/mol. The minimum absolute atomic E-state index is 0.0491. The zero-order valence-corrected chi connectivity index (χ0v) is 15.0. The topological polar surface area (TPSA) is 52.7 Å². The fourth-order valence-corrected chi connectivity index (χ4v) is 5.94. The molecule has 1 aliphatic carbocycles. The van der Waals surface area contributed by atoms with Crippen LogP contribution in [0.15, 0.2) is 24.3 Å². The number of fused-ring (bicyclic) bond motifs is 1. The van der Waals surface area contributed by atoms with Crippen LogP contribution in [0.4, 0.5) is 0 Å². The minimum atomic E-state index is -3.30. The molecule has 4 rings (SSSR count). The molecule has 24 heavy (non-hydrogen) atoms. The summed E-state index contributed by atoms with van der Waals surface area (Å²) in [6.07, 6.45) is 6.18. The summed E-state index contributed by atoms with van der Waals surface area (Å²) >= 11 is 0. The van der Waals surface area contributed by atoms with Crippen LogP contribution in [0.3, 0.4) is 0 Å². The molecule has 5 nitrogen and oxygen atoms in total. The van der Waals surface area contributed by atoms with Gasteiger partial charge < -0.3 is 0 Å². The third-order valence-corrected chi connectivity index (χ3v) is 7.40. The van der Waals surface area contributed by atoms with Gasteiger partial charge in [-0.3, -0.25) is 4.90 Å². The molecule has 0 saturated carbocycles. The first-order valence-corrected chi connectivity index (χ1v) is 10.6. The van der Waals surface area contributed by atoms with Gasteiger partial charge in [0, 0.05) is 31.7 Å². The maximum atomic E-state index is 12.5. The second kappa shape index (κ2) is 6.75. The summed E-state index contributed by atoms with van der Waals surface area (Å²) in [5, 5.41) is 0. The Bertz CT molecular complexity index is 660. The number of nitrogens with zero attached hydrogens (tertiary/aromatic N) is 2. The van der Waals surface area contributed by atoms with Crippen LogP contribution >= 0.6 is 0 Å². The molecule has 2 saturated heterocycles. The average Bonchev–Trinajstić information content (AvgIpc) is 3.24. The summed E-state index contributed by atoms with van der Waals surface area (Å²) in [5.41, 5.74) is 2.92. The van der Waals surface area contributed by atoms with E-state index in [0.717, 1.165) is 51.6 Å². The predicted octanol–water partition coefficient (Wildman–Crippen LogP) is 1.55. The van der Waals surface area contributed by atoms with E-state index >= 15 is 0 Å². The Balaban J connectivity index is 1.38. The van der Waals surface area contributed by atoms with Gasteiger partial charge in [-0.1, -0.05) is 24.3 Å². The van der Waals surface area contributed by atoms with Crippen LogP contribution in [0.5, 0.6) is 0 Å². The highest BCUT2D eigenvalue weighted by atomic mass is 32.2. The fraction of sp³-hybridized carbons (Fsp3) is 0.667. The molecule has 0 bridgehead atoms. The normalized spacial score (nSPS) is 26.8. The lowest BCUT2D eigenvalue weighted by Crippen LogP contribution is -2.53. The molecule has 0 unspecified atom stereocenters. The Morgan fingerprint density at radius 3 is 2.29 bits per heavy atom. The van der Waals surface area contributed by atoms with Crippen LogP contribution in [0.1, 0.15) is 36.8 Å². The molecule has 0 radical (unpaired) electrons. The van der Waals surface area contributed by atoms with Crippen molar-refractivity contribution in [1.29, 1.82) is 0 Å². The van der Waals surface area contributed by atoms with Crippen LogP contribution in [-0.4, -0.2) is 55.9 Å². The second-order valence-corrected chi connectivity index (χ2v) is 9.10.